The number of rotatable bonds is 1. The van der Waals surface area contributed by atoms with Crippen LogP contribution in [0.2, 0.25) is 0 Å². The lowest BCUT2D eigenvalue weighted by Crippen LogP contribution is -2.37. The molecule has 1 aliphatic heterocycles. The number of nitrogens with zero attached hydrogens (tertiary/aromatic N) is 1. The Kier molecular flexibility index (Phi) is 4.18. The Labute approximate surface area is 122 Å². The van der Waals surface area contributed by atoms with E-state index in [-0.39, 0.29) is 18.5 Å². The number of aliphatic hydroxyl groups is 1. The number of likely N-dealkylation sites (tertiary alicyclic amines) is 1. The third kappa shape index (κ3) is 3.69. The van der Waals surface area contributed by atoms with Crippen molar-refractivity contribution < 1.29 is 23.4 Å². The maximum Gasteiger partial charge on any atom is 0.410 e. The summed E-state index contributed by atoms with van der Waals surface area (Å²) < 4.78 is 32.5. The lowest BCUT2D eigenvalue weighted by Gasteiger charge is -2.28. The van der Waals surface area contributed by atoms with E-state index >= 15 is 0 Å². The average Bonchev–Trinajstić information content (AvgIpc) is 2.72. The predicted molar refractivity (Wildman–Crippen MR) is 72.7 cm³/mol. The highest BCUT2D eigenvalue weighted by Crippen LogP contribution is 2.35. The Hall–Kier alpha value is -1.69. The minimum absolute atomic E-state index is 0.0372. The Bertz CT molecular complexity index is 542. The van der Waals surface area contributed by atoms with Gasteiger partial charge in [-0.3, -0.25) is 4.90 Å². The molecule has 1 N–H and O–H groups in total. The molecule has 2 rings (SSSR count). The lowest BCUT2D eigenvalue weighted by atomic mass is 10.0. The Morgan fingerprint density at radius 2 is 2.05 bits per heavy atom. The zero-order chi connectivity index (χ0) is 15.8. The number of carbonyl (C=O) groups is 1. The summed E-state index contributed by atoms with van der Waals surface area (Å²) in [5, 5.41) is 9.77. The predicted octanol–water partition coefficient (Wildman–Crippen LogP) is 3.01. The molecular formula is C15H19F2NO3. The summed E-state index contributed by atoms with van der Waals surface area (Å²) >= 11 is 0. The minimum Gasteiger partial charge on any atom is -0.444 e. The zero-order valence-electron chi connectivity index (χ0n) is 12.3. The van der Waals surface area contributed by atoms with E-state index in [0.29, 0.717) is 0 Å². The number of amides is 1. The fourth-order valence-electron chi connectivity index (χ4n) is 2.40. The fraction of sp³-hybridized carbons (Fsp3) is 0.533. The van der Waals surface area contributed by atoms with E-state index in [1.165, 1.54) is 4.90 Å². The molecule has 116 valence electrons. The van der Waals surface area contributed by atoms with Crippen molar-refractivity contribution in [3.8, 4) is 0 Å². The number of β-amino-alcohol motifs (C(OH)–C–C–N with tert-alkyl or cyclic N) is 1. The number of ether oxygens (including phenoxy) is 1. The molecule has 0 aliphatic carbocycles. The highest BCUT2D eigenvalue weighted by atomic mass is 19.1. The van der Waals surface area contributed by atoms with Crippen LogP contribution in [0.4, 0.5) is 13.6 Å². The Balaban J connectivity index is 2.28. The summed E-state index contributed by atoms with van der Waals surface area (Å²) in [4.78, 5) is 13.4. The first-order chi connectivity index (χ1) is 9.67. The van der Waals surface area contributed by atoms with Crippen LogP contribution in [0.1, 0.15) is 38.8 Å². The first-order valence-electron chi connectivity index (χ1n) is 6.80. The third-order valence-electron chi connectivity index (χ3n) is 3.22. The second-order valence-corrected chi connectivity index (χ2v) is 6.20. The highest BCUT2D eigenvalue weighted by Gasteiger charge is 2.38. The normalized spacial score (nSPS) is 22.5. The summed E-state index contributed by atoms with van der Waals surface area (Å²) in [5.74, 6) is -1.19. The van der Waals surface area contributed by atoms with Gasteiger partial charge in [0.1, 0.15) is 17.2 Å². The largest absolute Gasteiger partial charge is 0.444 e. The van der Waals surface area contributed by atoms with Gasteiger partial charge >= 0.3 is 6.09 Å². The molecule has 1 aromatic carbocycles. The van der Waals surface area contributed by atoms with Gasteiger partial charge in [0.15, 0.2) is 0 Å². The van der Waals surface area contributed by atoms with Gasteiger partial charge in [-0.25, -0.2) is 13.6 Å². The first kappa shape index (κ1) is 15.7. The van der Waals surface area contributed by atoms with E-state index in [4.69, 9.17) is 4.74 Å². The van der Waals surface area contributed by atoms with Crippen LogP contribution in [0.3, 0.4) is 0 Å². The molecule has 1 saturated heterocycles. The van der Waals surface area contributed by atoms with E-state index in [0.717, 1.165) is 18.2 Å². The van der Waals surface area contributed by atoms with Crippen LogP contribution in [0.5, 0.6) is 0 Å². The molecule has 1 amide bonds. The molecule has 1 fully saturated rings. The van der Waals surface area contributed by atoms with Crippen molar-refractivity contribution in [2.24, 2.45) is 0 Å². The number of hydrogen-bond donors (Lipinski definition) is 1. The summed E-state index contributed by atoms with van der Waals surface area (Å²) in [7, 11) is 0. The van der Waals surface area contributed by atoms with Crippen LogP contribution in [0.15, 0.2) is 18.2 Å². The average molecular weight is 299 g/mol. The molecule has 1 heterocycles. The molecule has 6 heteroatoms. The Morgan fingerprint density at radius 1 is 1.38 bits per heavy atom. The van der Waals surface area contributed by atoms with Gasteiger partial charge in [0, 0.05) is 5.56 Å². The second-order valence-electron chi connectivity index (χ2n) is 6.20. The van der Waals surface area contributed by atoms with E-state index in [9.17, 15) is 18.7 Å². The second kappa shape index (κ2) is 5.60. The smallest absolute Gasteiger partial charge is 0.410 e. The molecule has 0 saturated carbocycles. The molecule has 0 aromatic heterocycles. The monoisotopic (exact) mass is 299 g/mol. The molecule has 0 radical (unpaired) electrons. The molecule has 0 bridgehead atoms. The van der Waals surface area contributed by atoms with Crippen molar-refractivity contribution in [3.05, 3.63) is 35.4 Å². The van der Waals surface area contributed by atoms with E-state index < -0.39 is 35.5 Å². The van der Waals surface area contributed by atoms with Crippen molar-refractivity contribution in [2.45, 2.75) is 44.9 Å². The van der Waals surface area contributed by atoms with Crippen LogP contribution in [0, 0.1) is 11.6 Å². The van der Waals surface area contributed by atoms with Gasteiger partial charge in [-0.2, -0.15) is 0 Å². The van der Waals surface area contributed by atoms with Crippen LogP contribution in [-0.4, -0.2) is 34.3 Å². The van der Waals surface area contributed by atoms with Gasteiger partial charge in [-0.15, -0.1) is 0 Å². The van der Waals surface area contributed by atoms with E-state index in [1.54, 1.807) is 20.8 Å². The van der Waals surface area contributed by atoms with Crippen molar-refractivity contribution >= 4 is 6.09 Å². The third-order valence-corrected chi connectivity index (χ3v) is 3.22. The number of benzene rings is 1. The maximum absolute atomic E-state index is 13.9. The topological polar surface area (TPSA) is 49.8 Å². The molecule has 4 nitrogen and oxygen atoms in total. The van der Waals surface area contributed by atoms with Gasteiger partial charge in [0.2, 0.25) is 0 Å². The Morgan fingerprint density at radius 3 is 2.67 bits per heavy atom. The quantitative estimate of drug-likeness (QED) is 0.867. The zero-order valence-corrected chi connectivity index (χ0v) is 12.3. The van der Waals surface area contributed by atoms with E-state index in [2.05, 4.69) is 0 Å². The summed E-state index contributed by atoms with van der Waals surface area (Å²) in [5.41, 5.74) is -0.646. The number of aliphatic hydroxyl groups excluding tert-OH is 1. The SMILES string of the molecule is CC(C)(C)OC(=O)N1CC(O)CC1c1cc(F)ccc1F. The van der Waals surface area contributed by atoms with Gasteiger partial charge in [0.25, 0.3) is 0 Å². The van der Waals surface area contributed by atoms with Crippen LogP contribution in [-0.2, 0) is 4.74 Å². The molecule has 0 spiro atoms. The molecular weight excluding hydrogens is 280 g/mol. The fourth-order valence-corrected chi connectivity index (χ4v) is 2.40. The number of carbonyl (C=O) groups excluding carboxylic acids is 1. The van der Waals surface area contributed by atoms with Gasteiger partial charge in [0.05, 0.1) is 18.7 Å². The van der Waals surface area contributed by atoms with Crippen molar-refractivity contribution in [3.63, 3.8) is 0 Å². The van der Waals surface area contributed by atoms with Crippen LogP contribution < -0.4 is 0 Å². The van der Waals surface area contributed by atoms with Gasteiger partial charge in [-0.05, 0) is 45.4 Å². The van der Waals surface area contributed by atoms with Gasteiger partial charge in [-0.1, -0.05) is 0 Å². The molecule has 1 aliphatic rings. The summed E-state index contributed by atoms with van der Waals surface area (Å²) in [6.07, 6.45) is -1.28. The number of halogens is 2. The minimum atomic E-state index is -0.787. The highest BCUT2D eigenvalue weighted by molar-refractivity contribution is 5.69. The summed E-state index contributed by atoms with van der Waals surface area (Å²) in [6.45, 7) is 5.19. The standard InChI is InChI=1S/C15H19F2NO3/c1-15(2,3)21-14(20)18-8-10(19)7-13(18)11-6-9(16)4-5-12(11)17/h4-6,10,13,19H,7-8H2,1-3H3. The molecule has 2 unspecified atom stereocenters. The number of hydrogen-bond acceptors (Lipinski definition) is 3. The molecule has 21 heavy (non-hydrogen) atoms. The summed E-state index contributed by atoms with van der Waals surface area (Å²) in [6, 6.07) is 2.35. The van der Waals surface area contributed by atoms with Crippen molar-refractivity contribution in [1.82, 2.24) is 4.90 Å². The van der Waals surface area contributed by atoms with Crippen LogP contribution >= 0.6 is 0 Å². The maximum atomic E-state index is 13.9. The lowest BCUT2D eigenvalue weighted by molar-refractivity contribution is 0.0204. The molecule has 2 atom stereocenters. The van der Waals surface area contributed by atoms with Crippen molar-refractivity contribution in [2.75, 3.05) is 6.54 Å². The van der Waals surface area contributed by atoms with E-state index in [1.807, 2.05) is 0 Å². The van der Waals surface area contributed by atoms with Crippen LogP contribution in [0.25, 0.3) is 0 Å². The molecule has 1 aromatic rings. The van der Waals surface area contributed by atoms with Crippen molar-refractivity contribution in [1.29, 1.82) is 0 Å². The van der Waals surface area contributed by atoms with Gasteiger partial charge < -0.3 is 9.84 Å². The first-order valence-corrected chi connectivity index (χ1v) is 6.80.